The van der Waals surface area contributed by atoms with E-state index >= 15 is 0 Å². The lowest BCUT2D eigenvalue weighted by molar-refractivity contribution is -0.151. The van der Waals surface area contributed by atoms with E-state index in [0.717, 1.165) is 19.3 Å². The number of hydrogen-bond donors (Lipinski definition) is 2. The number of morpholine rings is 1. The molecule has 1 heterocycles. The lowest BCUT2D eigenvalue weighted by atomic mass is 9.72. The topological polar surface area (TPSA) is 88.2 Å². The molecule has 3 N–H and O–H groups in total. The first kappa shape index (κ1) is 15.1. The SMILES string of the molecule is CC1CN(C(=O)C2(C(N)=NO)CCCCC2)CC(C)O1. The summed E-state index contributed by atoms with van der Waals surface area (Å²) in [6.07, 6.45) is 4.37. The number of ether oxygens (including phenoxy) is 1. The van der Waals surface area contributed by atoms with Crippen LogP contribution < -0.4 is 5.73 Å². The summed E-state index contributed by atoms with van der Waals surface area (Å²) in [4.78, 5) is 14.8. The molecule has 2 rings (SSSR count). The zero-order valence-corrected chi connectivity index (χ0v) is 12.3. The fraction of sp³-hybridized carbons (Fsp3) is 0.857. The molecule has 0 aromatic heterocycles. The maximum Gasteiger partial charge on any atom is 0.236 e. The number of carbonyl (C=O) groups excluding carboxylic acids is 1. The van der Waals surface area contributed by atoms with E-state index in [-0.39, 0.29) is 24.0 Å². The molecule has 2 aliphatic rings. The normalized spacial score (nSPS) is 31.1. The van der Waals surface area contributed by atoms with Gasteiger partial charge in [-0.2, -0.15) is 0 Å². The molecule has 1 saturated heterocycles. The van der Waals surface area contributed by atoms with Crippen LogP contribution in [0.1, 0.15) is 46.0 Å². The molecule has 0 aromatic rings. The van der Waals surface area contributed by atoms with Crippen LogP contribution in [0.2, 0.25) is 0 Å². The quantitative estimate of drug-likeness (QED) is 0.346. The molecule has 1 aliphatic heterocycles. The Bertz CT molecular complexity index is 381. The van der Waals surface area contributed by atoms with Gasteiger partial charge in [0.05, 0.1) is 12.2 Å². The van der Waals surface area contributed by atoms with Gasteiger partial charge in [-0.15, -0.1) is 0 Å². The summed E-state index contributed by atoms with van der Waals surface area (Å²) in [7, 11) is 0. The summed E-state index contributed by atoms with van der Waals surface area (Å²) < 4.78 is 5.67. The van der Waals surface area contributed by atoms with E-state index in [1.165, 1.54) is 0 Å². The second-order valence-electron chi connectivity index (χ2n) is 6.10. The molecule has 6 heteroatoms. The lowest BCUT2D eigenvalue weighted by Crippen LogP contribution is -2.57. The van der Waals surface area contributed by atoms with E-state index in [9.17, 15) is 4.79 Å². The smallest absolute Gasteiger partial charge is 0.236 e. The van der Waals surface area contributed by atoms with Crippen LogP contribution >= 0.6 is 0 Å². The molecular weight excluding hydrogens is 258 g/mol. The second-order valence-corrected chi connectivity index (χ2v) is 6.10. The highest BCUT2D eigenvalue weighted by Gasteiger charge is 2.47. The third-order valence-electron chi connectivity index (χ3n) is 4.42. The fourth-order valence-corrected chi connectivity index (χ4v) is 3.48. The average Bonchev–Trinajstić information content (AvgIpc) is 2.45. The van der Waals surface area contributed by atoms with E-state index in [1.807, 2.05) is 18.7 Å². The molecule has 0 spiro atoms. The van der Waals surface area contributed by atoms with Gasteiger partial charge in [0.1, 0.15) is 5.41 Å². The van der Waals surface area contributed by atoms with Gasteiger partial charge in [-0.25, -0.2) is 0 Å². The zero-order valence-electron chi connectivity index (χ0n) is 12.3. The third kappa shape index (κ3) is 2.75. The minimum absolute atomic E-state index is 0.00509. The number of rotatable bonds is 2. The summed E-state index contributed by atoms with van der Waals surface area (Å²) in [5.41, 5.74) is 5.07. The molecule has 0 radical (unpaired) electrons. The Hall–Kier alpha value is -1.30. The van der Waals surface area contributed by atoms with Crippen molar-refractivity contribution in [3.05, 3.63) is 0 Å². The van der Waals surface area contributed by atoms with Crippen LogP contribution in [0.15, 0.2) is 5.16 Å². The number of amides is 1. The van der Waals surface area contributed by atoms with Crippen molar-refractivity contribution < 1.29 is 14.7 Å². The van der Waals surface area contributed by atoms with Crippen LogP contribution in [0.4, 0.5) is 0 Å². The minimum atomic E-state index is -0.816. The molecule has 2 fully saturated rings. The van der Waals surface area contributed by atoms with Crippen LogP contribution in [0.25, 0.3) is 0 Å². The highest BCUT2D eigenvalue weighted by molar-refractivity contribution is 6.06. The van der Waals surface area contributed by atoms with Gasteiger partial charge in [0.2, 0.25) is 5.91 Å². The Morgan fingerprint density at radius 3 is 2.30 bits per heavy atom. The average molecular weight is 283 g/mol. The van der Waals surface area contributed by atoms with Crippen LogP contribution in [-0.4, -0.2) is 47.1 Å². The van der Waals surface area contributed by atoms with Crippen molar-refractivity contribution in [3.8, 4) is 0 Å². The van der Waals surface area contributed by atoms with Gasteiger partial charge in [-0.05, 0) is 26.7 Å². The highest BCUT2D eigenvalue weighted by atomic mass is 16.5. The van der Waals surface area contributed by atoms with Crippen LogP contribution in [0.5, 0.6) is 0 Å². The minimum Gasteiger partial charge on any atom is -0.409 e. The fourth-order valence-electron chi connectivity index (χ4n) is 3.48. The van der Waals surface area contributed by atoms with Crippen molar-refractivity contribution in [2.45, 2.75) is 58.2 Å². The first-order chi connectivity index (χ1) is 9.49. The number of amidine groups is 1. The molecule has 0 bridgehead atoms. The molecule has 0 aromatic carbocycles. The first-order valence-corrected chi connectivity index (χ1v) is 7.42. The summed E-state index contributed by atoms with van der Waals surface area (Å²) in [6.45, 7) is 5.08. The number of nitrogens with zero attached hydrogens (tertiary/aromatic N) is 2. The predicted octanol–water partition coefficient (Wildman–Crippen LogP) is 1.32. The van der Waals surface area contributed by atoms with Gasteiger partial charge in [0.25, 0.3) is 0 Å². The summed E-state index contributed by atoms with van der Waals surface area (Å²) in [5, 5.41) is 12.2. The Kier molecular flexibility index (Phi) is 4.52. The van der Waals surface area contributed by atoms with E-state index in [2.05, 4.69) is 5.16 Å². The van der Waals surface area contributed by atoms with Gasteiger partial charge in [-0.1, -0.05) is 24.4 Å². The van der Waals surface area contributed by atoms with Crippen LogP contribution in [0, 0.1) is 5.41 Å². The monoisotopic (exact) mass is 283 g/mol. The number of nitrogens with two attached hydrogens (primary N) is 1. The van der Waals surface area contributed by atoms with Crippen molar-refractivity contribution in [1.29, 1.82) is 0 Å². The van der Waals surface area contributed by atoms with Crippen LogP contribution in [-0.2, 0) is 9.53 Å². The number of oxime groups is 1. The predicted molar refractivity (Wildman–Crippen MR) is 75.5 cm³/mol. The van der Waals surface area contributed by atoms with E-state index in [1.54, 1.807) is 0 Å². The molecule has 1 amide bonds. The molecule has 2 atom stereocenters. The third-order valence-corrected chi connectivity index (χ3v) is 4.42. The molecule has 20 heavy (non-hydrogen) atoms. The van der Waals surface area contributed by atoms with Crippen molar-refractivity contribution in [3.63, 3.8) is 0 Å². The van der Waals surface area contributed by atoms with Gasteiger partial charge < -0.3 is 20.6 Å². The number of hydrogen-bond acceptors (Lipinski definition) is 4. The largest absolute Gasteiger partial charge is 0.409 e. The van der Waals surface area contributed by atoms with Gasteiger partial charge in [0.15, 0.2) is 5.84 Å². The summed E-state index contributed by atoms with van der Waals surface area (Å²) in [5.74, 6) is 0.0588. The summed E-state index contributed by atoms with van der Waals surface area (Å²) in [6, 6.07) is 0. The first-order valence-electron chi connectivity index (χ1n) is 7.42. The maximum absolute atomic E-state index is 13.0. The molecule has 1 aliphatic carbocycles. The van der Waals surface area contributed by atoms with Crippen molar-refractivity contribution in [2.24, 2.45) is 16.3 Å². The Labute approximate surface area is 119 Å². The lowest BCUT2D eigenvalue weighted by Gasteiger charge is -2.42. The number of carbonyl (C=O) groups is 1. The van der Waals surface area contributed by atoms with Crippen molar-refractivity contribution >= 4 is 11.7 Å². The van der Waals surface area contributed by atoms with Crippen LogP contribution in [0.3, 0.4) is 0 Å². The Morgan fingerprint density at radius 2 is 1.80 bits per heavy atom. The molecule has 6 nitrogen and oxygen atoms in total. The van der Waals surface area contributed by atoms with Gasteiger partial charge in [0, 0.05) is 13.1 Å². The Morgan fingerprint density at radius 1 is 1.25 bits per heavy atom. The standard InChI is InChI=1S/C14H25N3O3/c1-10-8-17(9-11(2)20-10)13(18)14(12(15)16-19)6-4-3-5-7-14/h10-11,19H,3-9H2,1-2H3,(H2,15,16). The van der Waals surface area contributed by atoms with Gasteiger partial charge >= 0.3 is 0 Å². The van der Waals surface area contributed by atoms with E-state index in [0.29, 0.717) is 25.9 Å². The van der Waals surface area contributed by atoms with Crippen molar-refractivity contribution in [2.75, 3.05) is 13.1 Å². The van der Waals surface area contributed by atoms with Gasteiger partial charge in [-0.3, -0.25) is 4.79 Å². The van der Waals surface area contributed by atoms with E-state index in [4.69, 9.17) is 15.7 Å². The molecule has 2 unspecified atom stereocenters. The Balaban J connectivity index is 2.22. The molecule has 114 valence electrons. The maximum atomic E-state index is 13.0. The zero-order chi connectivity index (χ0) is 14.8. The van der Waals surface area contributed by atoms with E-state index < -0.39 is 5.41 Å². The van der Waals surface area contributed by atoms with Crippen molar-refractivity contribution in [1.82, 2.24) is 4.90 Å². The summed E-state index contributed by atoms with van der Waals surface area (Å²) >= 11 is 0. The molecular formula is C14H25N3O3. The second kappa shape index (κ2) is 5.99. The molecule has 1 saturated carbocycles. The highest BCUT2D eigenvalue weighted by Crippen LogP contribution is 2.39.